The summed E-state index contributed by atoms with van der Waals surface area (Å²) in [6, 6.07) is 1.18. The van der Waals surface area contributed by atoms with Crippen molar-refractivity contribution in [3.63, 3.8) is 0 Å². The Bertz CT molecular complexity index is 453. The van der Waals surface area contributed by atoms with E-state index in [1.54, 1.807) is 0 Å². The van der Waals surface area contributed by atoms with Gasteiger partial charge in [0.05, 0.1) is 10.6 Å². The minimum Gasteiger partial charge on any atom is -0.352 e. The van der Waals surface area contributed by atoms with E-state index in [9.17, 15) is 13.2 Å². The highest BCUT2D eigenvalue weighted by Gasteiger charge is 2.33. The highest BCUT2D eigenvalue weighted by atomic mass is 79.9. The first-order valence-corrected chi connectivity index (χ1v) is 7.48. The largest absolute Gasteiger partial charge is 0.417 e. The van der Waals surface area contributed by atoms with Crippen LogP contribution in [0.5, 0.6) is 0 Å². The molecule has 1 saturated heterocycles. The van der Waals surface area contributed by atoms with Gasteiger partial charge in [-0.1, -0.05) is 27.5 Å². The SMILES string of the molecule is FC(F)(F)c1cnc(N2CCCCC2CBr)c(Cl)c1. The lowest BCUT2D eigenvalue weighted by Gasteiger charge is -2.36. The van der Waals surface area contributed by atoms with E-state index in [1.807, 2.05) is 4.90 Å². The fourth-order valence-corrected chi connectivity index (χ4v) is 3.19. The molecule has 0 bridgehead atoms. The summed E-state index contributed by atoms with van der Waals surface area (Å²) in [5.41, 5.74) is -0.811. The van der Waals surface area contributed by atoms with Crippen LogP contribution in [-0.2, 0) is 6.18 Å². The van der Waals surface area contributed by atoms with Gasteiger partial charge in [-0.2, -0.15) is 13.2 Å². The van der Waals surface area contributed by atoms with Crippen LogP contribution in [-0.4, -0.2) is 22.9 Å². The standard InChI is InChI=1S/C12H13BrClF3N2/c13-6-9-3-1-2-4-19(9)11-10(14)5-8(7-18-11)12(15,16)17/h5,7,9H,1-4,6H2. The van der Waals surface area contributed by atoms with Gasteiger partial charge in [-0.3, -0.25) is 0 Å². The van der Waals surface area contributed by atoms with Gasteiger partial charge < -0.3 is 4.90 Å². The Balaban J connectivity index is 2.30. The van der Waals surface area contributed by atoms with Crippen LogP contribution in [0.15, 0.2) is 12.3 Å². The first kappa shape index (κ1) is 14.9. The third kappa shape index (κ3) is 3.34. The lowest BCUT2D eigenvalue weighted by molar-refractivity contribution is -0.137. The normalized spacial score (nSPS) is 20.7. The third-order valence-corrected chi connectivity index (χ3v) is 4.25. The van der Waals surface area contributed by atoms with E-state index >= 15 is 0 Å². The molecule has 1 unspecified atom stereocenters. The predicted octanol–water partition coefficient (Wildman–Crippen LogP) is 4.51. The second-order valence-corrected chi connectivity index (χ2v) is 5.58. The summed E-state index contributed by atoms with van der Waals surface area (Å²) in [5, 5.41) is 0.814. The summed E-state index contributed by atoms with van der Waals surface area (Å²) in [6.45, 7) is 0.772. The molecule has 7 heteroatoms. The van der Waals surface area contributed by atoms with E-state index in [0.29, 0.717) is 5.82 Å². The van der Waals surface area contributed by atoms with E-state index in [4.69, 9.17) is 11.6 Å². The molecule has 0 saturated carbocycles. The molecule has 2 rings (SSSR count). The topological polar surface area (TPSA) is 16.1 Å². The Labute approximate surface area is 123 Å². The van der Waals surface area contributed by atoms with E-state index in [2.05, 4.69) is 20.9 Å². The molecule has 1 aromatic rings. The van der Waals surface area contributed by atoms with Crippen molar-refractivity contribution in [3.8, 4) is 0 Å². The Morgan fingerprint density at radius 2 is 2.16 bits per heavy atom. The van der Waals surface area contributed by atoms with Gasteiger partial charge in [0.2, 0.25) is 0 Å². The zero-order valence-electron chi connectivity index (χ0n) is 10.1. The Hall–Kier alpha value is -0.490. The first-order valence-electron chi connectivity index (χ1n) is 5.99. The Morgan fingerprint density at radius 1 is 1.42 bits per heavy atom. The van der Waals surface area contributed by atoms with Crippen molar-refractivity contribution >= 4 is 33.3 Å². The van der Waals surface area contributed by atoms with Crippen molar-refractivity contribution in [1.82, 2.24) is 4.98 Å². The van der Waals surface area contributed by atoms with Crippen molar-refractivity contribution in [2.45, 2.75) is 31.5 Å². The van der Waals surface area contributed by atoms with Gasteiger partial charge in [-0.15, -0.1) is 0 Å². The predicted molar refractivity (Wildman–Crippen MR) is 73.0 cm³/mol. The summed E-state index contributed by atoms with van der Waals surface area (Å²) in [7, 11) is 0. The van der Waals surface area contributed by atoms with Crippen LogP contribution in [0.25, 0.3) is 0 Å². The molecule has 0 spiro atoms. The number of anilines is 1. The number of halogens is 5. The minimum atomic E-state index is -4.41. The van der Waals surface area contributed by atoms with Gasteiger partial charge in [-0.25, -0.2) is 4.98 Å². The monoisotopic (exact) mass is 356 g/mol. The second kappa shape index (κ2) is 5.87. The molecule has 0 aliphatic carbocycles. The zero-order valence-corrected chi connectivity index (χ0v) is 12.4. The fraction of sp³-hybridized carbons (Fsp3) is 0.583. The molecule has 1 aromatic heterocycles. The van der Waals surface area contributed by atoms with Gasteiger partial charge in [0.15, 0.2) is 0 Å². The highest BCUT2D eigenvalue weighted by Crippen LogP contribution is 2.35. The number of alkyl halides is 4. The molecule has 0 N–H and O–H groups in total. The van der Waals surface area contributed by atoms with E-state index in [-0.39, 0.29) is 11.1 Å². The second-order valence-electron chi connectivity index (χ2n) is 4.52. The number of pyridine rings is 1. The summed E-state index contributed by atoms with van der Waals surface area (Å²) < 4.78 is 37.7. The van der Waals surface area contributed by atoms with Crippen LogP contribution in [0.4, 0.5) is 19.0 Å². The molecule has 19 heavy (non-hydrogen) atoms. The number of hydrogen-bond acceptors (Lipinski definition) is 2. The maximum atomic E-state index is 12.6. The molecule has 106 valence electrons. The van der Waals surface area contributed by atoms with E-state index in [1.165, 1.54) is 0 Å². The molecule has 1 aliphatic rings. The molecule has 2 nitrogen and oxygen atoms in total. The van der Waals surface area contributed by atoms with Gasteiger partial charge in [0.1, 0.15) is 5.82 Å². The molecular formula is C12H13BrClF3N2. The fourth-order valence-electron chi connectivity index (χ4n) is 2.24. The Morgan fingerprint density at radius 3 is 2.74 bits per heavy atom. The van der Waals surface area contributed by atoms with Crippen LogP contribution in [0.2, 0.25) is 5.02 Å². The van der Waals surface area contributed by atoms with Gasteiger partial charge >= 0.3 is 6.18 Å². The summed E-state index contributed by atoms with van der Waals surface area (Å²) in [6.07, 6.45) is -0.454. The summed E-state index contributed by atoms with van der Waals surface area (Å²) in [4.78, 5) is 5.91. The molecule has 0 amide bonds. The molecular weight excluding hydrogens is 344 g/mol. The number of rotatable bonds is 2. The number of piperidine rings is 1. The average molecular weight is 358 g/mol. The summed E-state index contributed by atoms with van der Waals surface area (Å²) in [5.74, 6) is 0.443. The van der Waals surface area contributed by atoms with Crippen LogP contribution in [0, 0.1) is 0 Å². The summed E-state index contributed by atoms with van der Waals surface area (Å²) >= 11 is 9.40. The molecule has 0 radical (unpaired) electrons. The zero-order chi connectivity index (χ0) is 14.0. The van der Waals surface area contributed by atoms with Gasteiger partial charge in [0, 0.05) is 24.1 Å². The van der Waals surface area contributed by atoms with Crippen LogP contribution >= 0.6 is 27.5 Å². The lowest BCUT2D eigenvalue weighted by Crippen LogP contribution is -2.41. The van der Waals surface area contributed by atoms with E-state index < -0.39 is 11.7 Å². The van der Waals surface area contributed by atoms with E-state index in [0.717, 1.165) is 43.4 Å². The maximum absolute atomic E-state index is 12.6. The van der Waals surface area contributed by atoms with Crippen molar-refractivity contribution in [3.05, 3.63) is 22.8 Å². The van der Waals surface area contributed by atoms with Crippen LogP contribution < -0.4 is 4.90 Å². The molecule has 1 aliphatic heterocycles. The number of hydrogen-bond donors (Lipinski definition) is 0. The lowest BCUT2D eigenvalue weighted by atomic mass is 10.0. The van der Waals surface area contributed by atoms with Crippen LogP contribution in [0.3, 0.4) is 0 Å². The molecule has 2 heterocycles. The quantitative estimate of drug-likeness (QED) is 0.724. The van der Waals surface area contributed by atoms with Crippen molar-refractivity contribution in [1.29, 1.82) is 0 Å². The smallest absolute Gasteiger partial charge is 0.352 e. The molecule has 1 atom stereocenters. The van der Waals surface area contributed by atoms with Crippen molar-refractivity contribution in [2.75, 3.05) is 16.8 Å². The average Bonchev–Trinajstić information content (AvgIpc) is 2.37. The third-order valence-electron chi connectivity index (χ3n) is 3.23. The first-order chi connectivity index (χ1) is 8.93. The minimum absolute atomic E-state index is 0.0580. The molecule has 0 aromatic carbocycles. The number of nitrogens with zero attached hydrogens (tertiary/aromatic N) is 2. The van der Waals surface area contributed by atoms with Gasteiger partial charge in [0.25, 0.3) is 0 Å². The highest BCUT2D eigenvalue weighted by molar-refractivity contribution is 9.09. The number of aromatic nitrogens is 1. The van der Waals surface area contributed by atoms with Crippen molar-refractivity contribution < 1.29 is 13.2 Å². The van der Waals surface area contributed by atoms with Gasteiger partial charge in [-0.05, 0) is 25.3 Å². The maximum Gasteiger partial charge on any atom is 0.417 e. The van der Waals surface area contributed by atoms with Crippen LogP contribution in [0.1, 0.15) is 24.8 Å². The van der Waals surface area contributed by atoms with Crippen molar-refractivity contribution in [2.24, 2.45) is 0 Å². The Kier molecular flexibility index (Phi) is 4.61. The molecule has 1 fully saturated rings.